The lowest BCUT2D eigenvalue weighted by atomic mass is 10.1. The van der Waals surface area contributed by atoms with Gasteiger partial charge in [-0.15, -0.1) is 0 Å². The molecule has 0 atom stereocenters. The molecular formula is C18H21ClN2O3S. The Morgan fingerprint density at radius 2 is 1.68 bits per heavy atom. The highest BCUT2D eigenvalue weighted by Crippen LogP contribution is 2.21. The summed E-state index contributed by atoms with van der Waals surface area (Å²) in [6, 6.07) is 10.8. The molecule has 2 aromatic carbocycles. The molecule has 0 heterocycles. The van der Waals surface area contributed by atoms with E-state index in [0.29, 0.717) is 16.1 Å². The third-order valence-electron chi connectivity index (χ3n) is 3.73. The van der Waals surface area contributed by atoms with Gasteiger partial charge in [0.25, 0.3) is 0 Å². The zero-order valence-electron chi connectivity index (χ0n) is 14.4. The normalized spacial score (nSPS) is 11.4. The van der Waals surface area contributed by atoms with E-state index in [0.717, 1.165) is 11.1 Å². The smallest absolute Gasteiger partial charge is 0.241 e. The van der Waals surface area contributed by atoms with Crippen molar-refractivity contribution in [2.75, 3.05) is 6.54 Å². The molecule has 0 aliphatic rings. The van der Waals surface area contributed by atoms with Gasteiger partial charge in [0.1, 0.15) is 0 Å². The first-order valence-corrected chi connectivity index (χ1v) is 9.64. The SMILES string of the molecule is Cc1cc(C)c(S(=O)(=O)NCC(=O)NCc2ccccc2Cl)c(C)c1. The fourth-order valence-corrected chi connectivity index (χ4v) is 4.36. The molecule has 0 aliphatic heterocycles. The maximum Gasteiger partial charge on any atom is 0.241 e. The van der Waals surface area contributed by atoms with Crippen LogP contribution in [0.5, 0.6) is 0 Å². The Morgan fingerprint density at radius 3 is 2.28 bits per heavy atom. The second-order valence-corrected chi connectivity index (χ2v) is 8.03. The van der Waals surface area contributed by atoms with Crippen molar-refractivity contribution in [2.24, 2.45) is 0 Å². The Hall–Kier alpha value is -1.89. The van der Waals surface area contributed by atoms with Crippen molar-refractivity contribution in [3.05, 3.63) is 63.7 Å². The summed E-state index contributed by atoms with van der Waals surface area (Å²) in [6.07, 6.45) is 0. The van der Waals surface area contributed by atoms with E-state index in [1.54, 1.807) is 44.2 Å². The molecule has 0 bridgehead atoms. The summed E-state index contributed by atoms with van der Waals surface area (Å²) in [5.41, 5.74) is 3.07. The van der Waals surface area contributed by atoms with Crippen LogP contribution < -0.4 is 10.0 Å². The maximum absolute atomic E-state index is 12.5. The summed E-state index contributed by atoms with van der Waals surface area (Å²) < 4.78 is 27.4. The van der Waals surface area contributed by atoms with Crippen LogP contribution in [0.1, 0.15) is 22.3 Å². The zero-order chi connectivity index (χ0) is 18.6. The summed E-state index contributed by atoms with van der Waals surface area (Å²) in [5, 5.41) is 3.20. The lowest BCUT2D eigenvalue weighted by Gasteiger charge is -2.13. The number of halogens is 1. The predicted molar refractivity (Wildman–Crippen MR) is 99.1 cm³/mol. The molecule has 2 rings (SSSR count). The first-order chi connectivity index (χ1) is 11.7. The summed E-state index contributed by atoms with van der Waals surface area (Å²) in [7, 11) is -3.76. The molecule has 0 aromatic heterocycles. The molecule has 25 heavy (non-hydrogen) atoms. The number of rotatable bonds is 6. The van der Waals surface area contributed by atoms with Crippen LogP contribution in [0.4, 0.5) is 0 Å². The minimum Gasteiger partial charge on any atom is -0.351 e. The van der Waals surface area contributed by atoms with Crippen molar-refractivity contribution < 1.29 is 13.2 Å². The third-order valence-corrected chi connectivity index (χ3v) is 5.80. The molecule has 7 heteroatoms. The lowest BCUT2D eigenvalue weighted by Crippen LogP contribution is -2.37. The van der Waals surface area contributed by atoms with Gasteiger partial charge in [-0.05, 0) is 43.5 Å². The van der Waals surface area contributed by atoms with E-state index in [1.165, 1.54) is 0 Å². The molecule has 0 unspecified atom stereocenters. The summed E-state index contributed by atoms with van der Waals surface area (Å²) in [6.45, 7) is 5.30. The van der Waals surface area contributed by atoms with Gasteiger partial charge < -0.3 is 5.32 Å². The molecule has 0 fully saturated rings. The Balaban J connectivity index is 2.00. The monoisotopic (exact) mass is 380 g/mol. The largest absolute Gasteiger partial charge is 0.351 e. The fourth-order valence-electron chi connectivity index (χ4n) is 2.72. The molecule has 2 aromatic rings. The quantitative estimate of drug-likeness (QED) is 0.809. The fraction of sp³-hybridized carbons (Fsp3) is 0.278. The molecule has 1 amide bonds. The molecule has 134 valence electrons. The van der Waals surface area contributed by atoms with E-state index < -0.39 is 15.9 Å². The highest BCUT2D eigenvalue weighted by Gasteiger charge is 2.20. The van der Waals surface area contributed by atoms with E-state index in [4.69, 9.17) is 11.6 Å². The molecule has 0 spiro atoms. The van der Waals surface area contributed by atoms with Crippen LogP contribution in [-0.2, 0) is 21.4 Å². The molecule has 5 nitrogen and oxygen atoms in total. The van der Waals surface area contributed by atoms with Crippen LogP contribution in [0, 0.1) is 20.8 Å². The van der Waals surface area contributed by atoms with Gasteiger partial charge in [-0.25, -0.2) is 13.1 Å². The lowest BCUT2D eigenvalue weighted by molar-refractivity contribution is -0.120. The number of hydrogen-bond acceptors (Lipinski definition) is 3. The number of nitrogens with one attached hydrogen (secondary N) is 2. The van der Waals surface area contributed by atoms with Crippen molar-refractivity contribution in [1.82, 2.24) is 10.0 Å². The van der Waals surface area contributed by atoms with E-state index in [9.17, 15) is 13.2 Å². The number of carbonyl (C=O) groups is 1. The van der Waals surface area contributed by atoms with Gasteiger partial charge in [-0.3, -0.25) is 4.79 Å². The second-order valence-electron chi connectivity index (χ2n) is 5.92. The molecule has 0 saturated carbocycles. The first-order valence-electron chi connectivity index (χ1n) is 7.78. The number of benzene rings is 2. The number of sulfonamides is 1. The molecule has 0 radical (unpaired) electrons. The average molecular weight is 381 g/mol. The van der Waals surface area contributed by atoms with Crippen molar-refractivity contribution in [3.63, 3.8) is 0 Å². The van der Waals surface area contributed by atoms with Crippen LogP contribution in [0.2, 0.25) is 5.02 Å². The number of carbonyl (C=O) groups excluding carboxylic acids is 1. The minimum atomic E-state index is -3.76. The third kappa shape index (κ3) is 5.04. The van der Waals surface area contributed by atoms with Gasteiger partial charge in [0.05, 0.1) is 11.4 Å². The zero-order valence-corrected chi connectivity index (χ0v) is 16.0. The van der Waals surface area contributed by atoms with Crippen molar-refractivity contribution in [2.45, 2.75) is 32.2 Å². The highest BCUT2D eigenvalue weighted by atomic mass is 35.5. The van der Waals surface area contributed by atoms with E-state index >= 15 is 0 Å². The minimum absolute atomic E-state index is 0.219. The van der Waals surface area contributed by atoms with Crippen molar-refractivity contribution in [1.29, 1.82) is 0 Å². The number of hydrogen-bond donors (Lipinski definition) is 2. The van der Waals surface area contributed by atoms with Crippen molar-refractivity contribution >= 4 is 27.5 Å². The van der Waals surface area contributed by atoms with Crippen LogP contribution in [0.3, 0.4) is 0 Å². The Morgan fingerprint density at radius 1 is 1.08 bits per heavy atom. The van der Waals surface area contributed by atoms with E-state index in [1.807, 2.05) is 13.0 Å². The van der Waals surface area contributed by atoms with Gasteiger partial charge in [-0.2, -0.15) is 0 Å². The average Bonchev–Trinajstić information content (AvgIpc) is 2.51. The Kier molecular flexibility index (Phi) is 6.21. The van der Waals surface area contributed by atoms with Gasteiger partial charge in [0, 0.05) is 11.6 Å². The molecule has 2 N–H and O–H groups in total. The van der Waals surface area contributed by atoms with Gasteiger partial charge >= 0.3 is 0 Å². The predicted octanol–water partition coefficient (Wildman–Crippen LogP) is 2.86. The molecule has 0 saturated heterocycles. The first kappa shape index (κ1) is 19.4. The molecule has 0 aliphatic carbocycles. The van der Waals surface area contributed by atoms with Crippen LogP contribution in [0.15, 0.2) is 41.3 Å². The van der Waals surface area contributed by atoms with Crippen molar-refractivity contribution in [3.8, 4) is 0 Å². The van der Waals surface area contributed by atoms with Crippen LogP contribution in [0.25, 0.3) is 0 Å². The Bertz CT molecular complexity index is 872. The topological polar surface area (TPSA) is 75.3 Å². The van der Waals surface area contributed by atoms with Gasteiger partial charge in [-0.1, -0.05) is 47.5 Å². The van der Waals surface area contributed by atoms with Crippen LogP contribution >= 0.6 is 11.6 Å². The standard InChI is InChI=1S/C18H21ClN2O3S/c1-12-8-13(2)18(14(3)9-12)25(23,24)21-11-17(22)20-10-15-6-4-5-7-16(15)19/h4-9,21H,10-11H2,1-3H3,(H,20,22). The highest BCUT2D eigenvalue weighted by molar-refractivity contribution is 7.89. The summed E-state index contributed by atoms with van der Waals surface area (Å²) in [4.78, 5) is 12.2. The maximum atomic E-state index is 12.5. The number of amides is 1. The van der Waals surface area contributed by atoms with Gasteiger partial charge in [0.15, 0.2) is 0 Å². The van der Waals surface area contributed by atoms with Gasteiger partial charge in [0.2, 0.25) is 15.9 Å². The summed E-state index contributed by atoms with van der Waals surface area (Å²) in [5.74, 6) is -0.425. The Labute approximate surface area is 153 Å². The number of aryl methyl sites for hydroxylation is 3. The molecular weight excluding hydrogens is 360 g/mol. The van der Waals surface area contributed by atoms with E-state index in [-0.39, 0.29) is 18.0 Å². The summed E-state index contributed by atoms with van der Waals surface area (Å²) >= 11 is 6.02. The van der Waals surface area contributed by atoms with E-state index in [2.05, 4.69) is 10.0 Å². The second kappa shape index (κ2) is 7.99. The van der Waals surface area contributed by atoms with Crippen LogP contribution in [-0.4, -0.2) is 20.9 Å².